The number of carbonyl (C=O) groups excluding carboxylic acids is 5. The molecule has 0 bridgehead atoms. The number of aromatic nitrogens is 2. The third-order valence-corrected chi connectivity index (χ3v) is 9.57. The van der Waals surface area contributed by atoms with Gasteiger partial charge in [0.05, 0.1) is 23.5 Å². The molecule has 3 aliphatic rings. The summed E-state index contributed by atoms with van der Waals surface area (Å²) in [6.07, 6.45) is 4.58. The van der Waals surface area contributed by atoms with E-state index in [4.69, 9.17) is 9.47 Å². The standard InChI is InChI=1S/C38H35N5O7/c1-21(44)31-19-40-34(20-39-31)50-27-11-6-23(7-12-27)38(2,3)22-4-9-26(10-5-22)49-28-16-25(17-28)41-24-8-13-29-30(18-24)37(48)43(36(29)47)32-14-15-33(45)42-35(32)46/h4-13,18-20,25,28,32,41H,14-17H2,1-3H3,(H,42,45,46)/t25-,28-,32?. The maximum Gasteiger partial charge on any atom is 0.262 e. The fourth-order valence-corrected chi connectivity index (χ4v) is 6.50. The predicted octanol–water partition coefficient (Wildman–Crippen LogP) is 5.22. The number of hydrogen-bond donors (Lipinski definition) is 2. The Morgan fingerprint density at radius 2 is 1.52 bits per heavy atom. The van der Waals surface area contributed by atoms with E-state index in [2.05, 4.69) is 46.6 Å². The summed E-state index contributed by atoms with van der Waals surface area (Å²) in [4.78, 5) is 70.6. The lowest BCUT2D eigenvalue weighted by molar-refractivity contribution is -0.136. The number of ether oxygens (including phenoxy) is 2. The molecule has 0 spiro atoms. The summed E-state index contributed by atoms with van der Waals surface area (Å²) in [7, 11) is 0. The van der Waals surface area contributed by atoms with Gasteiger partial charge in [-0.25, -0.2) is 9.97 Å². The summed E-state index contributed by atoms with van der Waals surface area (Å²) in [6.45, 7) is 5.75. The zero-order valence-corrected chi connectivity index (χ0v) is 27.8. The van der Waals surface area contributed by atoms with Gasteiger partial charge < -0.3 is 14.8 Å². The fourth-order valence-electron chi connectivity index (χ4n) is 6.50. The van der Waals surface area contributed by atoms with Crippen LogP contribution in [0.2, 0.25) is 0 Å². The van der Waals surface area contributed by atoms with Crippen molar-refractivity contribution in [3.8, 4) is 17.4 Å². The third kappa shape index (κ3) is 6.31. The van der Waals surface area contributed by atoms with Crippen LogP contribution in [0.15, 0.2) is 79.1 Å². The summed E-state index contributed by atoms with van der Waals surface area (Å²) >= 11 is 0. The summed E-state index contributed by atoms with van der Waals surface area (Å²) in [5, 5.41) is 5.64. The van der Waals surface area contributed by atoms with Crippen LogP contribution in [0.4, 0.5) is 5.69 Å². The summed E-state index contributed by atoms with van der Waals surface area (Å²) in [5.74, 6) is -0.535. The minimum absolute atomic E-state index is 0.0305. The summed E-state index contributed by atoms with van der Waals surface area (Å²) in [5.41, 5.74) is 3.44. The first-order valence-corrected chi connectivity index (χ1v) is 16.5. The van der Waals surface area contributed by atoms with Crippen molar-refractivity contribution in [1.29, 1.82) is 0 Å². The van der Waals surface area contributed by atoms with Gasteiger partial charge in [-0.2, -0.15) is 0 Å². The molecule has 12 nitrogen and oxygen atoms in total. The Kier molecular flexibility index (Phi) is 8.38. The number of fused-ring (bicyclic) bond motifs is 1. The molecule has 4 amide bonds. The summed E-state index contributed by atoms with van der Waals surface area (Å²) < 4.78 is 12.0. The molecule has 254 valence electrons. The SMILES string of the molecule is CC(=O)c1cnc(Oc2ccc(C(C)(C)c3ccc(O[C@H]4C[C@H](Nc5ccc6c(c5)C(=O)N(C5CCC(=O)NC5=O)C6=O)C4)cc3)cc2)cn1. The van der Waals surface area contributed by atoms with Crippen molar-refractivity contribution in [1.82, 2.24) is 20.2 Å². The van der Waals surface area contributed by atoms with Crippen molar-refractivity contribution >= 4 is 35.1 Å². The van der Waals surface area contributed by atoms with Gasteiger partial charge in [0.2, 0.25) is 17.7 Å². The van der Waals surface area contributed by atoms with Crippen molar-refractivity contribution < 1.29 is 33.4 Å². The topological polar surface area (TPSA) is 157 Å². The number of benzene rings is 3. The van der Waals surface area contributed by atoms with Gasteiger partial charge in [0.15, 0.2) is 5.78 Å². The normalized spacial score (nSPS) is 20.1. The molecule has 2 aliphatic heterocycles. The Morgan fingerprint density at radius 1 is 0.860 bits per heavy atom. The van der Waals surface area contributed by atoms with Crippen molar-refractivity contribution in [3.05, 3.63) is 107 Å². The first kappa shape index (κ1) is 32.6. The molecule has 1 aromatic heterocycles. The van der Waals surface area contributed by atoms with Gasteiger partial charge in [-0.1, -0.05) is 38.1 Å². The van der Waals surface area contributed by atoms with Gasteiger partial charge in [-0.05, 0) is 60.0 Å². The van der Waals surface area contributed by atoms with Crippen LogP contribution in [0.25, 0.3) is 0 Å². The van der Waals surface area contributed by atoms with Crippen LogP contribution in [-0.2, 0) is 15.0 Å². The molecule has 1 saturated carbocycles. The Morgan fingerprint density at radius 3 is 2.14 bits per heavy atom. The smallest absolute Gasteiger partial charge is 0.262 e. The maximum absolute atomic E-state index is 13.2. The molecule has 1 unspecified atom stereocenters. The van der Waals surface area contributed by atoms with Gasteiger partial charge in [0.25, 0.3) is 11.8 Å². The predicted molar refractivity (Wildman–Crippen MR) is 181 cm³/mol. The number of nitrogens with zero attached hydrogens (tertiary/aromatic N) is 3. The highest BCUT2D eigenvalue weighted by atomic mass is 16.5. The van der Waals surface area contributed by atoms with Gasteiger partial charge in [0.1, 0.15) is 29.3 Å². The molecular weight excluding hydrogens is 638 g/mol. The van der Waals surface area contributed by atoms with Crippen molar-refractivity contribution in [2.24, 2.45) is 0 Å². The van der Waals surface area contributed by atoms with Crippen LogP contribution >= 0.6 is 0 Å². The number of rotatable bonds is 10. The van der Waals surface area contributed by atoms with E-state index in [9.17, 15) is 24.0 Å². The van der Waals surface area contributed by atoms with E-state index in [-0.39, 0.29) is 53.0 Å². The Balaban J connectivity index is 0.912. The number of amides is 4. The fraction of sp³-hybridized carbons (Fsp3) is 0.289. The van der Waals surface area contributed by atoms with Gasteiger partial charge in [-0.15, -0.1) is 0 Å². The van der Waals surface area contributed by atoms with Crippen LogP contribution < -0.4 is 20.1 Å². The van der Waals surface area contributed by atoms with Crippen LogP contribution in [0, 0.1) is 0 Å². The highest BCUT2D eigenvalue weighted by molar-refractivity contribution is 6.23. The van der Waals surface area contributed by atoms with E-state index in [0.29, 0.717) is 17.3 Å². The first-order chi connectivity index (χ1) is 24.0. The Labute approximate surface area is 288 Å². The molecule has 3 heterocycles. The van der Waals surface area contributed by atoms with E-state index in [1.807, 2.05) is 36.4 Å². The van der Waals surface area contributed by atoms with E-state index >= 15 is 0 Å². The van der Waals surface area contributed by atoms with E-state index in [1.165, 1.54) is 19.3 Å². The molecule has 1 aliphatic carbocycles. The number of hydrogen-bond acceptors (Lipinski definition) is 10. The van der Waals surface area contributed by atoms with Crippen molar-refractivity contribution in [2.45, 2.75) is 70.1 Å². The van der Waals surface area contributed by atoms with Gasteiger partial charge in [-0.3, -0.25) is 34.2 Å². The van der Waals surface area contributed by atoms with Crippen molar-refractivity contribution in [2.75, 3.05) is 5.32 Å². The molecule has 50 heavy (non-hydrogen) atoms. The zero-order chi connectivity index (χ0) is 35.2. The average molecular weight is 674 g/mol. The van der Waals surface area contributed by atoms with Gasteiger partial charge >= 0.3 is 0 Å². The molecule has 0 radical (unpaired) electrons. The number of ketones is 1. The first-order valence-electron chi connectivity index (χ1n) is 16.5. The lowest BCUT2D eigenvalue weighted by Gasteiger charge is -2.36. The molecule has 2 fully saturated rings. The monoisotopic (exact) mass is 673 g/mol. The molecule has 7 rings (SSSR count). The maximum atomic E-state index is 13.2. The van der Waals surface area contributed by atoms with E-state index in [1.54, 1.807) is 18.2 Å². The Hall–Kier alpha value is -5.91. The molecule has 1 atom stereocenters. The molecule has 12 heteroatoms. The van der Waals surface area contributed by atoms with Crippen LogP contribution in [0.1, 0.15) is 88.8 Å². The number of nitrogens with one attached hydrogen (secondary N) is 2. The number of anilines is 1. The number of Topliss-reactive ketones (excluding diaryl/α,β-unsaturated/α-hetero) is 1. The largest absolute Gasteiger partial charge is 0.490 e. The average Bonchev–Trinajstić information content (AvgIpc) is 3.32. The second kappa shape index (κ2) is 12.8. The molecular formula is C38H35N5O7. The minimum atomic E-state index is -0.991. The van der Waals surface area contributed by atoms with Crippen LogP contribution in [-0.4, -0.2) is 62.5 Å². The van der Waals surface area contributed by atoms with Crippen LogP contribution in [0.3, 0.4) is 0 Å². The highest BCUT2D eigenvalue weighted by Crippen LogP contribution is 2.36. The minimum Gasteiger partial charge on any atom is -0.490 e. The Bertz CT molecular complexity index is 2000. The van der Waals surface area contributed by atoms with E-state index in [0.717, 1.165) is 34.6 Å². The molecule has 2 N–H and O–H groups in total. The molecule has 3 aromatic carbocycles. The second-order valence-corrected chi connectivity index (χ2v) is 13.3. The molecule has 1 saturated heterocycles. The number of piperidine rings is 1. The summed E-state index contributed by atoms with van der Waals surface area (Å²) in [6, 6.07) is 20.1. The quantitative estimate of drug-likeness (QED) is 0.169. The lowest BCUT2D eigenvalue weighted by atomic mass is 9.78. The zero-order valence-electron chi connectivity index (χ0n) is 27.8. The van der Waals surface area contributed by atoms with Crippen molar-refractivity contribution in [3.63, 3.8) is 0 Å². The van der Waals surface area contributed by atoms with E-state index < -0.39 is 29.7 Å². The van der Waals surface area contributed by atoms with Crippen LogP contribution in [0.5, 0.6) is 17.4 Å². The third-order valence-electron chi connectivity index (χ3n) is 9.57. The lowest BCUT2D eigenvalue weighted by Crippen LogP contribution is -2.54. The highest BCUT2D eigenvalue weighted by Gasteiger charge is 2.44. The second-order valence-electron chi connectivity index (χ2n) is 13.3. The number of carbonyl (C=O) groups is 5. The van der Waals surface area contributed by atoms with Gasteiger partial charge in [0, 0.05) is 43.3 Å². The molecule has 4 aromatic rings. The number of imide groups is 2.